The molecule has 3 rings (SSSR count). The van der Waals surface area contributed by atoms with E-state index in [1.807, 2.05) is 30.3 Å². The van der Waals surface area contributed by atoms with Gasteiger partial charge < -0.3 is 10.1 Å². The first-order chi connectivity index (χ1) is 15.3. The predicted octanol–water partition coefficient (Wildman–Crippen LogP) is 4.07. The molecule has 0 spiro atoms. The van der Waals surface area contributed by atoms with Gasteiger partial charge in [0.15, 0.2) is 0 Å². The van der Waals surface area contributed by atoms with Gasteiger partial charge in [0, 0.05) is 49.3 Å². The number of ether oxygens (including phenoxy) is 1. The number of carbonyl (C=O) groups is 2. The van der Waals surface area contributed by atoms with Crippen molar-refractivity contribution in [2.24, 2.45) is 0 Å². The van der Waals surface area contributed by atoms with Gasteiger partial charge in [0.25, 0.3) is 0 Å². The van der Waals surface area contributed by atoms with E-state index in [-0.39, 0.29) is 29.7 Å². The minimum Gasteiger partial charge on any atom is -0.381 e. The summed E-state index contributed by atoms with van der Waals surface area (Å²) in [5.41, 5.74) is 2.50. The maximum absolute atomic E-state index is 13.6. The summed E-state index contributed by atoms with van der Waals surface area (Å²) in [4.78, 5) is 32.7. The maximum atomic E-state index is 13.6. The molecule has 1 saturated heterocycles. The summed E-state index contributed by atoms with van der Waals surface area (Å²) in [6.07, 6.45) is 5.06. The lowest BCUT2D eigenvalue weighted by Gasteiger charge is -2.33. The minimum absolute atomic E-state index is 0.0123. The van der Waals surface area contributed by atoms with Crippen LogP contribution in [0.1, 0.15) is 57.2 Å². The Labute approximate surface area is 196 Å². The molecule has 7 heteroatoms. The van der Waals surface area contributed by atoms with Crippen molar-refractivity contribution in [3.63, 3.8) is 0 Å². The Bertz CT molecular complexity index is 891. The van der Waals surface area contributed by atoms with Crippen molar-refractivity contribution >= 4 is 30.1 Å². The molecule has 2 aromatic rings. The number of nitrogens with zero attached hydrogens (tertiary/aromatic N) is 2. The van der Waals surface area contributed by atoms with Crippen LogP contribution >= 0.6 is 12.6 Å². The fourth-order valence-electron chi connectivity index (χ4n) is 3.85. The first-order valence-electron chi connectivity index (χ1n) is 11.1. The minimum atomic E-state index is -0.820. The average molecular weight is 456 g/mol. The first-order valence-corrected chi connectivity index (χ1v) is 11.8. The van der Waals surface area contributed by atoms with E-state index in [4.69, 9.17) is 4.74 Å². The molecule has 1 fully saturated rings. The molecule has 0 aliphatic carbocycles. The molecule has 172 valence electrons. The van der Waals surface area contributed by atoms with Crippen molar-refractivity contribution in [3.05, 3.63) is 59.9 Å². The summed E-state index contributed by atoms with van der Waals surface area (Å²) in [5.74, 6) is 0.0355. The Morgan fingerprint density at radius 2 is 1.88 bits per heavy atom. The quantitative estimate of drug-likeness (QED) is 0.618. The van der Waals surface area contributed by atoms with E-state index in [1.165, 1.54) is 0 Å². The molecule has 0 saturated carbocycles. The van der Waals surface area contributed by atoms with Crippen LogP contribution in [0.5, 0.6) is 0 Å². The number of rotatable bonds is 7. The van der Waals surface area contributed by atoms with Crippen LogP contribution in [0.3, 0.4) is 0 Å². The number of aromatic nitrogens is 1. The van der Waals surface area contributed by atoms with Crippen molar-refractivity contribution in [2.45, 2.75) is 57.5 Å². The summed E-state index contributed by atoms with van der Waals surface area (Å²) in [6, 6.07) is 10.7. The molecule has 6 nitrogen and oxygen atoms in total. The highest BCUT2D eigenvalue weighted by atomic mass is 32.1. The van der Waals surface area contributed by atoms with Crippen molar-refractivity contribution in [3.8, 4) is 0 Å². The summed E-state index contributed by atoms with van der Waals surface area (Å²) in [6.45, 7) is 7.68. The van der Waals surface area contributed by atoms with Gasteiger partial charge in [-0.2, -0.15) is 12.6 Å². The number of pyridine rings is 1. The van der Waals surface area contributed by atoms with E-state index in [2.05, 4.69) is 43.7 Å². The molecule has 1 aromatic heterocycles. The Balaban J connectivity index is 2.01. The molecule has 32 heavy (non-hydrogen) atoms. The molecule has 1 atom stereocenters. The Hall–Kier alpha value is -2.38. The van der Waals surface area contributed by atoms with E-state index in [0.717, 1.165) is 18.4 Å². The second-order valence-electron chi connectivity index (χ2n) is 9.12. The molecule has 1 N–H and O–H groups in total. The molecule has 2 amide bonds. The van der Waals surface area contributed by atoms with Crippen molar-refractivity contribution < 1.29 is 14.3 Å². The van der Waals surface area contributed by atoms with E-state index >= 15 is 0 Å². The topological polar surface area (TPSA) is 71.5 Å². The lowest BCUT2D eigenvalue weighted by Crippen LogP contribution is -2.48. The van der Waals surface area contributed by atoms with Gasteiger partial charge >= 0.3 is 0 Å². The van der Waals surface area contributed by atoms with Gasteiger partial charge in [-0.1, -0.05) is 39.0 Å². The number of hydrogen-bond acceptors (Lipinski definition) is 5. The lowest BCUT2D eigenvalue weighted by atomic mass is 9.87. The van der Waals surface area contributed by atoms with Gasteiger partial charge in [-0.3, -0.25) is 19.5 Å². The fraction of sp³-hybridized carbons (Fsp3) is 0.480. The molecular weight excluding hydrogens is 422 g/mol. The lowest BCUT2D eigenvalue weighted by molar-refractivity contribution is -0.127. The zero-order chi connectivity index (χ0) is 23.1. The third-order valence-electron chi connectivity index (χ3n) is 5.68. The third-order valence-corrected chi connectivity index (χ3v) is 5.90. The zero-order valence-corrected chi connectivity index (χ0v) is 20.0. The first kappa shape index (κ1) is 24.3. The SMILES string of the molecule is CC(C)(C)c1ccc(N(C(=O)CCS)[C@@H](C(=O)NC2CCOCC2)c2cccnc2)cc1. The summed E-state index contributed by atoms with van der Waals surface area (Å²) in [5, 5.41) is 3.14. The average Bonchev–Trinajstić information content (AvgIpc) is 2.78. The van der Waals surface area contributed by atoms with Gasteiger partial charge in [-0.15, -0.1) is 0 Å². The highest BCUT2D eigenvalue weighted by Gasteiger charge is 2.34. The summed E-state index contributed by atoms with van der Waals surface area (Å²) in [7, 11) is 0. The Morgan fingerprint density at radius 1 is 1.19 bits per heavy atom. The number of thiol groups is 1. The Kier molecular flexibility index (Phi) is 8.32. The zero-order valence-electron chi connectivity index (χ0n) is 19.1. The molecule has 0 radical (unpaired) electrons. The standard InChI is InChI=1S/C25H33N3O3S/c1-25(2,3)19-6-8-21(9-7-19)28(22(29)12-16-32)23(18-5-4-13-26-17-18)24(30)27-20-10-14-31-15-11-20/h4-9,13,17,20,23,32H,10-12,14-16H2,1-3H3,(H,27,30)/t23-/m1/s1. The molecule has 0 unspecified atom stereocenters. The molecule has 1 aliphatic rings. The predicted molar refractivity (Wildman–Crippen MR) is 130 cm³/mol. The van der Waals surface area contributed by atoms with Crippen molar-refractivity contribution in [1.29, 1.82) is 0 Å². The van der Waals surface area contributed by atoms with Crippen LogP contribution < -0.4 is 10.2 Å². The number of hydrogen-bond donors (Lipinski definition) is 2. The molecular formula is C25H33N3O3S. The van der Waals surface area contributed by atoms with Crippen LogP contribution in [0.25, 0.3) is 0 Å². The summed E-state index contributed by atoms with van der Waals surface area (Å²) < 4.78 is 5.42. The van der Waals surface area contributed by atoms with Crippen LogP contribution in [-0.4, -0.2) is 41.8 Å². The van der Waals surface area contributed by atoms with Crippen molar-refractivity contribution in [2.75, 3.05) is 23.9 Å². The monoisotopic (exact) mass is 455 g/mol. The van der Waals surface area contributed by atoms with Crippen LogP contribution in [0.15, 0.2) is 48.8 Å². The highest BCUT2D eigenvalue weighted by Crippen LogP contribution is 2.31. The second kappa shape index (κ2) is 11.0. The van der Waals surface area contributed by atoms with Gasteiger partial charge in [0.1, 0.15) is 6.04 Å². The second-order valence-corrected chi connectivity index (χ2v) is 9.57. The van der Waals surface area contributed by atoms with Crippen LogP contribution in [-0.2, 0) is 19.7 Å². The van der Waals surface area contributed by atoms with E-state index in [1.54, 1.807) is 23.4 Å². The fourth-order valence-corrected chi connectivity index (χ4v) is 4.04. The third kappa shape index (κ3) is 6.11. The van der Waals surface area contributed by atoms with E-state index < -0.39 is 6.04 Å². The van der Waals surface area contributed by atoms with Crippen LogP contribution in [0.4, 0.5) is 5.69 Å². The normalized spacial score (nSPS) is 15.8. The van der Waals surface area contributed by atoms with Gasteiger partial charge in [-0.05, 0) is 47.8 Å². The number of benzene rings is 1. The molecule has 0 bridgehead atoms. The Morgan fingerprint density at radius 3 is 2.44 bits per heavy atom. The molecule has 1 aliphatic heterocycles. The van der Waals surface area contributed by atoms with Gasteiger partial charge in [0.2, 0.25) is 11.8 Å². The number of anilines is 1. The highest BCUT2D eigenvalue weighted by molar-refractivity contribution is 7.80. The smallest absolute Gasteiger partial charge is 0.248 e. The number of nitrogens with one attached hydrogen (secondary N) is 1. The van der Waals surface area contributed by atoms with Crippen LogP contribution in [0, 0.1) is 0 Å². The van der Waals surface area contributed by atoms with E-state index in [9.17, 15) is 9.59 Å². The van der Waals surface area contributed by atoms with Crippen LogP contribution in [0.2, 0.25) is 0 Å². The maximum Gasteiger partial charge on any atom is 0.248 e. The summed E-state index contributed by atoms with van der Waals surface area (Å²) >= 11 is 4.26. The van der Waals surface area contributed by atoms with E-state index in [0.29, 0.717) is 30.2 Å². The largest absolute Gasteiger partial charge is 0.381 e. The molecule has 2 heterocycles. The van der Waals surface area contributed by atoms with Gasteiger partial charge in [0.05, 0.1) is 0 Å². The van der Waals surface area contributed by atoms with Gasteiger partial charge in [-0.25, -0.2) is 0 Å². The number of carbonyl (C=O) groups excluding carboxylic acids is 2. The number of amides is 2. The van der Waals surface area contributed by atoms with Crippen molar-refractivity contribution in [1.82, 2.24) is 10.3 Å². The molecule has 1 aromatic carbocycles.